The summed E-state index contributed by atoms with van der Waals surface area (Å²) in [5.41, 5.74) is 1.66. The Bertz CT molecular complexity index is 2080. The lowest BCUT2D eigenvalue weighted by Crippen LogP contribution is -2.61. The fraction of sp³-hybridized carbons (Fsp3) is 0.704. The van der Waals surface area contributed by atoms with E-state index in [1.807, 2.05) is 64.2 Å². The van der Waals surface area contributed by atoms with Crippen molar-refractivity contribution in [3.05, 3.63) is 47.6 Å². The number of nitrogens with zero attached hydrogens (tertiary/aromatic N) is 6. The molecule has 0 bridgehead atoms. The molecule has 3 aliphatic heterocycles. The summed E-state index contributed by atoms with van der Waals surface area (Å²) in [5, 5.41) is 20.0. The highest BCUT2D eigenvalue weighted by Crippen LogP contribution is 2.26. The number of aliphatic hydroxyl groups excluding tert-OH is 1. The van der Waals surface area contributed by atoms with Gasteiger partial charge in [-0.15, -0.1) is 0 Å². The number of hydrogen-bond acceptors (Lipinski definition) is 10. The third kappa shape index (κ3) is 15.8. The van der Waals surface area contributed by atoms with Crippen LogP contribution < -0.4 is 16.0 Å². The van der Waals surface area contributed by atoms with Crippen LogP contribution in [0.2, 0.25) is 0 Å². The first-order chi connectivity index (χ1) is 34.2. The number of rotatable bonds is 11. The second-order valence-electron chi connectivity index (χ2n) is 21.6. The maximum atomic E-state index is 14.9. The van der Waals surface area contributed by atoms with Gasteiger partial charge in [-0.05, 0) is 107 Å². The third-order valence-electron chi connectivity index (χ3n) is 14.7. The monoisotopic (exact) mass is 1000 g/mol. The van der Waals surface area contributed by atoms with Crippen LogP contribution in [0.1, 0.15) is 125 Å². The summed E-state index contributed by atoms with van der Waals surface area (Å²) >= 11 is 0. The summed E-state index contributed by atoms with van der Waals surface area (Å²) < 4.78 is 0. The average molecular weight is 1000 g/mol. The highest BCUT2D eigenvalue weighted by atomic mass is 16.3. The molecular weight excluding hydrogens is 919 g/mol. The van der Waals surface area contributed by atoms with Gasteiger partial charge in [0.05, 0.1) is 18.7 Å². The molecule has 0 aromatic carbocycles. The van der Waals surface area contributed by atoms with Crippen molar-refractivity contribution in [1.29, 1.82) is 0 Å². The first-order valence-electron chi connectivity index (χ1n) is 26.5. The molecule has 8 amide bonds. The summed E-state index contributed by atoms with van der Waals surface area (Å²) in [7, 11) is 6.07. The van der Waals surface area contributed by atoms with Crippen molar-refractivity contribution in [2.45, 2.75) is 173 Å². The van der Waals surface area contributed by atoms with E-state index in [-0.39, 0.29) is 56.4 Å². The Kier molecular flexibility index (Phi) is 21.6. The van der Waals surface area contributed by atoms with Crippen LogP contribution >= 0.6 is 0 Å². The molecule has 4 N–H and O–H groups in total. The smallest absolute Gasteiger partial charge is 0.248 e. The molecule has 18 heteroatoms. The largest absolute Gasteiger partial charge is 0.391 e. The van der Waals surface area contributed by atoms with Crippen LogP contribution in [-0.4, -0.2) is 191 Å². The highest BCUT2D eigenvalue weighted by molar-refractivity contribution is 5.98. The Morgan fingerprint density at radius 1 is 0.611 bits per heavy atom. The first-order valence-corrected chi connectivity index (χ1v) is 26.5. The number of fused-ring (bicyclic) bond motifs is 1. The minimum absolute atomic E-state index is 0.0242. The quantitative estimate of drug-likeness (QED) is 0.238. The van der Waals surface area contributed by atoms with Gasteiger partial charge in [-0.25, -0.2) is 0 Å². The van der Waals surface area contributed by atoms with Crippen molar-refractivity contribution in [2.24, 2.45) is 11.8 Å². The lowest BCUT2D eigenvalue weighted by atomic mass is 9.96. The normalized spacial score (nSPS) is 28.4. The summed E-state index contributed by atoms with van der Waals surface area (Å²) in [5.74, 6) is -4.48. The summed E-state index contributed by atoms with van der Waals surface area (Å²) in [6.07, 6.45) is 17.9. The second kappa shape index (κ2) is 27.1. The molecule has 2 aliphatic carbocycles. The second-order valence-corrected chi connectivity index (χ2v) is 21.6. The van der Waals surface area contributed by atoms with E-state index in [2.05, 4.69) is 20.9 Å². The van der Waals surface area contributed by atoms with Gasteiger partial charge in [-0.3, -0.25) is 38.4 Å². The van der Waals surface area contributed by atoms with E-state index in [4.69, 9.17) is 0 Å². The van der Waals surface area contributed by atoms with E-state index < -0.39 is 96.3 Å². The Morgan fingerprint density at radius 2 is 1.18 bits per heavy atom. The molecule has 3 heterocycles. The summed E-state index contributed by atoms with van der Waals surface area (Å²) in [6, 6.07) is -7.54. The van der Waals surface area contributed by atoms with Gasteiger partial charge in [0.15, 0.2) is 0 Å². The van der Waals surface area contributed by atoms with Crippen molar-refractivity contribution in [1.82, 2.24) is 45.3 Å². The minimum atomic E-state index is -1.51. The van der Waals surface area contributed by atoms with Crippen LogP contribution in [-0.2, 0) is 38.4 Å². The number of likely N-dealkylation sites (tertiary alicyclic amines) is 1. The molecule has 0 radical (unpaired) electrons. The van der Waals surface area contributed by atoms with Gasteiger partial charge in [-0.1, -0.05) is 70.6 Å². The number of aliphatic hydroxyl groups is 1. The molecule has 18 nitrogen and oxygen atoms in total. The van der Waals surface area contributed by atoms with Crippen molar-refractivity contribution < 1.29 is 43.5 Å². The third-order valence-corrected chi connectivity index (χ3v) is 14.7. The molecule has 0 unspecified atom stereocenters. The average Bonchev–Trinajstić information content (AvgIpc) is 3.84. The maximum Gasteiger partial charge on any atom is 0.248 e. The van der Waals surface area contributed by atoms with Gasteiger partial charge in [0.2, 0.25) is 47.3 Å². The fourth-order valence-electron chi connectivity index (χ4n) is 10.6. The van der Waals surface area contributed by atoms with E-state index in [0.717, 1.165) is 69.2 Å². The predicted molar refractivity (Wildman–Crippen MR) is 275 cm³/mol. The van der Waals surface area contributed by atoms with Crippen molar-refractivity contribution in [2.75, 3.05) is 60.9 Å². The van der Waals surface area contributed by atoms with E-state index in [9.17, 15) is 43.5 Å². The number of likely N-dealkylation sites (N-methyl/N-ethyl adjacent to an activating group) is 4. The number of nitrogens with one attached hydrogen (secondary N) is 3. The van der Waals surface area contributed by atoms with Crippen molar-refractivity contribution in [3.8, 4) is 0 Å². The number of amides is 8. The molecule has 400 valence electrons. The Balaban J connectivity index is 1.59. The molecule has 5 rings (SSSR count). The van der Waals surface area contributed by atoms with E-state index in [1.165, 1.54) is 45.5 Å². The predicted octanol–water partition coefficient (Wildman–Crippen LogP) is 3.07. The Hall–Kier alpha value is -5.36. The molecule has 3 fully saturated rings. The zero-order valence-electron chi connectivity index (χ0n) is 44.6. The zero-order valence-corrected chi connectivity index (χ0v) is 44.6. The number of piperidine rings is 1. The number of carbonyl (C=O) groups is 8. The van der Waals surface area contributed by atoms with Gasteiger partial charge in [0, 0.05) is 60.5 Å². The van der Waals surface area contributed by atoms with Crippen LogP contribution in [0.3, 0.4) is 0 Å². The molecule has 72 heavy (non-hydrogen) atoms. The van der Waals surface area contributed by atoms with Crippen molar-refractivity contribution >= 4 is 47.3 Å². The fourth-order valence-corrected chi connectivity index (χ4v) is 10.6. The van der Waals surface area contributed by atoms with Crippen molar-refractivity contribution in [3.63, 3.8) is 0 Å². The number of hydrogen-bond donors (Lipinski definition) is 4. The van der Waals surface area contributed by atoms with Crippen LogP contribution in [0, 0.1) is 11.8 Å². The SMILES string of the molecule is CC(C)C[C@@H]1NC(=O)CN(C)C(=O)[C@H](CC(C)C)N(C)C(=O)C[C@@H](CN2CCCCC2)NC(=O)[C@H](CC2=CCCC=C2)N(C)C(=O)[C@@H]2CCCN2C(=O)[C@H]([C@@H](C)O)NC(=O)[C@H](CC2=CCCC=C2)N(C)C1=O. The zero-order chi connectivity index (χ0) is 52.8. The Labute approximate surface area is 428 Å². The molecule has 8 atom stereocenters. The van der Waals surface area contributed by atoms with E-state index in [1.54, 1.807) is 14.1 Å². The van der Waals surface area contributed by atoms with Crippen LogP contribution in [0.25, 0.3) is 0 Å². The minimum Gasteiger partial charge on any atom is -0.391 e. The number of allylic oxidation sites excluding steroid dienone is 6. The summed E-state index contributed by atoms with van der Waals surface area (Å²) in [4.78, 5) is 126. The van der Waals surface area contributed by atoms with Gasteiger partial charge < -0.3 is 50.5 Å². The molecule has 5 aliphatic rings. The topological polar surface area (TPSA) is 212 Å². The molecule has 0 aromatic heterocycles. The molecular formula is C54H85N9O9. The molecule has 0 aromatic rings. The van der Waals surface area contributed by atoms with Gasteiger partial charge in [0.1, 0.15) is 36.3 Å². The standard InChI is InChI=1S/C54H85N9O9/c1-35(2)28-41-51(69)60(8)44(31-39-22-15-11-16-23-39)50(68)57-48(37(5)64)54(72)63-27-19-24-42(63)53(71)61(9)43(30-38-20-13-10-14-21-38)49(67)55-40(33-62-25-17-12-18-26-62)32-47(66)59(7)45(29-36(3)4)52(70)58(6)34-46(65)56-41/h13,15,20-23,35-37,40-45,48,64H,10-12,14,16-19,24-34H2,1-9H3,(H,55,67)(H,56,65)(H,57,68)/t37-,40+,41+,42+,43+,44+,45+,48+/m1/s1. The highest BCUT2D eigenvalue weighted by Gasteiger charge is 2.44. The van der Waals surface area contributed by atoms with E-state index >= 15 is 0 Å². The van der Waals surface area contributed by atoms with Gasteiger partial charge in [0.25, 0.3) is 0 Å². The lowest BCUT2D eigenvalue weighted by Gasteiger charge is -2.37. The number of carbonyl (C=O) groups excluding carboxylic acids is 8. The summed E-state index contributed by atoms with van der Waals surface area (Å²) in [6.45, 7) is 10.7. The van der Waals surface area contributed by atoms with Crippen LogP contribution in [0.5, 0.6) is 0 Å². The Morgan fingerprint density at radius 3 is 1.72 bits per heavy atom. The maximum absolute atomic E-state index is 14.9. The molecule has 0 saturated carbocycles. The van der Waals surface area contributed by atoms with Gasteiger partial charge >= 0.3 is 0 Å². The molecule has 3 saturated heterocycles. The van der Waals surface area contributed by atoms with Gasteiger partial charge in [-0.2, -0.15) is 0 Å². The van der Waals surface area contributed by atoms with E-state index in [0.29, 0.717) is 19.4 Å². The van der Waals surface area contributed by atoms with Crippen LogP contribution in [0.15, 0.2) is 47.6 Å². The van der Waals surface area contributed by atoms with Crippen LogP contribution in [0.4, 0.5) is 0 Å². The lowest BCUT2D eigenvalue weighted by molar-refractivity contribution is -0.150. The molecule has 0 spiro atoms. The first kappa shape index (κ1) is 57.5.